The van der Waals surface area contributed by atoms with Gasteiger partial charge in [-0.05, 0) is 18.1 Å². The number of nitrogens with two attached hydrogens (primary N) is 1. The Hall–Kier alpha value is -4.25. The maximum absolute atomic E-state index is 14.2. The molecule has 4 heterocycles. The number of carbonyl (C=O) groups is 3. The predicted molar refractivity (Wildman–Crippen MR) is 179 cm³/mol. The number of nitrogens with one attached hydrogen (secondary N) is 1. The van der Waals surface area contributed by atoms with Gasteiger partial charge in [0.15, 0.2) is 16.9 Å². The minimum absolute atomic E-state index is 0.116. The number of benzene rings is 2. The van der Waals surface area contributed by atoms with Crippen molar-refractivity contribution in [3.05, 3.63) is 103 Å². The van der Waals surface area contributed by atoms with Crippen LogP contribution in [0.25, 0.3) is 0 Å². The van der Waals surface area contributed by atoms with Crippen molar-refractivity contribution in [1.29, 1.82) is 0 Å². The number of carbonyl (C=O) groups excluding carboxylic acids is 3. The van der Waals surface area contributed by atoms with Gasteiger partial charge in [0.2, 0.25) is 0 Å². The SMILES string of the molecule is CO/N=C(\C(=O)N[C@@H]1C(=O)N2C(C(=O)OC(c3ccccc3)c3ccccc3)=C(SCc3nnc(C)s3)CS[C@@H]12)c1csc(N)n1. The van der Waals surface area contributed by atoms with Crippen LogP contribution in [0.2, 0.25) is 0 Å². The molecule has 2 aromatic carbocycles. The lowest BCUT2D eigenvalue weighted by Crippen LogP contribution is -2.71. The van der Waals surface area contributed by atoms with Gasteiger partial charge in [-0.2, -0.15) is 0 Å². The number of aromatic nitrogens is 3. The average Bonchev–Trinajstić information content (AvgIpc) is 3.71. The third-order valence-corrected chi connectivity index (χ3v) is 11.2. The number of oxime groups is 1. The summed E-state index contributed by atoms with van der Waals surface area (Å²) in [6, 6.07) is 17.9. The van der Waals surface area contributed by atoms with Gasteiger partial charge in [-0.1, -0.05) is 65.8 Å². The Labute approximate surface area is 280 Å². The number of nitrogens with zero attached hydrogens (tertiary/aromatic N) is 5. The van der Waals surface area contributed by atoms with Crippen molar-refractivity contribution in [2.75, 3.05) is 18.6 Å². The van der Waals surface area contributed by atoms with Crippen LogP contribution in [-0.4, -0.2) is 67.9 Å². The first-order valence-electron chi connectivity index (χ1n) is 13.9. The van der Waals surface area contributed by atoms with Crippen LogP contribution < -0.4 is 11.1 Å². The number of thioether (sulfide) groups is 2. The van der Waals surface area contributed by atoms with Crippen molar-refractivity contribution < 1.29 is 24.0 Å². The monoisotopic (exact) mass is 693 g/mol. The van der Waals surface area contributed by atoms with Gasteiger partial charge in [-0.25, -0.2) is 9.78 Å². The lowest BCUT2D eigenvalue weighted by Gasteiger charge is -2.49. The Balaban J connectivity index is 1.28. The molecule has 236 valence electrons. The van der Waals surface area contributed by atoms with Crippen molar-refractivity contribution in [2.45, 2.75) is 30.2 Å². The number of ether oxygens (including phenoxy) is 1. The molecule has 0 aliphatic carbocycles. The molecule has 6 rings (SSSR count). The Morgan fingerprint density at radius 3 is 2.41 bits per heavy atom. The van der Waals surface area contributed by atoms with Crippen LogP contribution in [0.4, 0.5) is 5.13 Å². The Bertz CT molecular complexity index is 1770. The van der Waals surface area contributed by atoms with E-state index >= 15 is 0 Å². The number of β-lactam (4-membered cyclic amide) rings is 1. The van der Waals surface area contributed by atoms with Gasteiger partial charge in [0.25, 0.3) is 11.8 Å². The maximum Gasteiger partial charge on any atom is 0.356 e. The molecule has 2 aliphatic heterocycles. The van der Waals surface area contributed by atoms with Gasteiger partial charge < -0.3 is 20.6 Å². The first-order valence-corrected chi connectivity index (χ1v) is 17.6. The molecule has 0 spiro atoms. The molecule has 2 amide bonds. The quantitative estimate of drug-likeness (QED) is 0.101. The molecule has 3 N–H and O–H groups in total. The number of hydrogen-bond donors (Lipinski definition) is 2. The molecule has 12 nitrogen and oxygen atoms in total. The maximum atomic E-state index is 14.2. The third-order valence-electron chi connectivity index (χ3n) is 6.94. The van der Waals surface area contributed by atoms with Crippen molar-refractivity contribution >= 4 is 74.8 Å². The van der Waals surface area contributed by atoms with E-state index in [1.165, 1.54) is 46.9 Å². The Morgan fingerprint density at radius 1 is 1.13 bits per heavy atom. The van der Waals surface area contributed by atoms with Crippen LogP contribution in [0.15, 0.2) is 81.8 Å². The average molecular weight is 694 g/mol. The van der Waals surface area contributed by atoms with E-state index in [-0.39, 0.29) is 22.2 Å². The van der Waals surface area contributed by atoms with E-state index in [0.717, 1.165) is 32.5 Å². The minimum Gasteiger partial charge on any atom is -0.448 e. The first-order chi connectivity index (χ1) is 22.3. The summed E-state index contributed by atoms with van der Waals surface area (Å²) in [6.07, 6.45) is -0.710. The number of amides is 2. The highest BCUT2D eigenvalue weighted by Gasteiger charge is 2.55. The van der Waals surface area contributed by atoms with Crippen LogP contribution in [0, 0.1) is 6.92 Å². The number of aryl methyl sites for hydroxylation is 1. The summed E-state index contributed by atoms with van der Waals surface area (Å²) in [5.41, 5.74) is 7.59. The van der Waals surface area contributed by atoms with Crippen molar-refractivity contribution in [3.8, 4) is 0 Å². The molecule has 0 radical (unpaired) electrons. The van der Waals surface area contributed by atoms with Crippen molar-refractivity contribution in [3.63, 3.8) is 0 Å². The van der Waals surface area contributed by atoms with Crippen LogP contribution in [0.3, 0.4) is 0 Å². The predicted octanol–water partition coefficient (Wildman–Crippen LogP) is 4.11. The lowest BCUT2D eigenvalue weighted by atomic mass is 10.0. The number of esters is 1. The van der Waals surface area contributed by atoms with Gasteiger partial charge in [0.05, 0.1) is 5.75 Å². The van der Waals surface area contributed by atoms with Crippen LogP contribution in [-0.2, 0) is 29.7 Å². The van der Waals surface area contributed by atoms with Crippen LogP contribution in [0.1, 0.15) is 32.9 Å². The van der Waals surface area contributed by atoms with Gasteiger partial charge >= 0.3 is 5.97 Å². The fraction of sp³-hybridized carbons (Fsp3) is 0.233. The van der Waals surface area contributed by atoms with Gasteiger partial charge in [-0.15, -0.1) is 56.4 Å². The summed E-state index contributed by atoms with van der Waals surface area (Å²) in [4.78, 5) is 52.2. The molecule has 1 saturated heterocycles. The van der Waals surface area contributed by atoms with Gasteiger partial charge in [0, 0.05) is 16.0 Å². The van der Waals surface area contributed by atoms with Gasteiger partial charge in [0.1, 0.15) is 39.9 Å². The molecule has 2 aliphatic rings. The van der Waals surface area contributed by atoms with Crippen LogP contribution in [0.5, 0.6) is 0 Å². The number of hydrogen-bond acceptors (Lipinski definition) is 14. The van der Waals surface area contributed by atoms with Crippen molar-refractivity contribution in [2.24, 2.45) is 5.16 Å². The number of nitrogen functional groups attached to an aromatic ring is 1. The molecule has 0 unspecified atom stereocenters. The molecule has 2 aromatic heterocycles. The van der Waals surface area contributed by atoms with E-state index < -0.39 is 35.3 Å². The van der Waals surface area contributed by atoms with E-state index in [9.17, 15) is 14.4 Å². The number of rotatable bonds is 11. The zero-order valence-electron chi connectivity index (χ0n) is 24.5. The van der Waals surface area contributed by atoms with Crippen LogP contribution >= 0.6 is 46.2 Å². The summed E-state index contributed by atoms with van der Waals surface area (Å²) in [5, 5.41) is 17.8. The summed E-state index contributed by atoms with van der Waals surface area (Å²) >= 11 is 5.47. The minimum atomic E-state index is -0.922. The molecule has 2 atom stereocenters. The second-order valence-electron chi connectivity index (χ2n) is 9.94. The van der Waals surface area contributed by atoms with E-state index in [0.29, 0.717) is 16.4 Å². The topological polar surface area (TPSA) is 162 Å². The number of fused-ring (bicyclic) bond motifs is 1. The second kappa shape index (κ2) is 14.0. The molecular weight excluding hydrogens is 667 g/mol. The fourth-order valence-corrected chi connectivity index (χ4v) is 8.75. The highest BCUT2D eigenvalue weighted by atomic mass is 32.2. The van der Waals surface area contributed by atoms with E-state index in [4.69, 9.17) is 15.3 Å². The highest BCUT2D eigenvalue weighted by molar-refractivity contribution is 8.05. The lowest BCUT2D eigenvalue weighted by molar-refractivity contribution is -0.154. The molecule has 0 bridgehead atoms. The zero-order valence-corrected chi connectivity index (χ0v) is 27.8. The smallest absolute Gasteiger partial charge is 0.356 e. The first kappa shape index (κ1) is 31.7. The van der Waals surface area contributed by atoms with Gasteiger partial charge in [-0.3, -0.25) is 14.5 Å². The number of thiazole rings is 1. The molecule has 46 heavy (non-hydrogen) atoms. The number of anilines is 1. The molecule has 4 aromatic rings. The summed E-state index contributed by atoms with van der Waals surface area (Å²) in [7, 11) is 1.30. The Morgan fingerprint density at radius 2 is 1.83 bits per heavy atom. The summed E-state index contributed by atoms with van der Waals surface area (Å²) in [6.45, 7) is 1.88. The molecular formula is C30H27N7O5S4. The summed E-state index contributed by atoms with van der Waals surface area (Å²) in [5.74, 6) is -0.862. The standard InChI is InChI=1S/C30H27N7O5S4/c1-16-34-35-21(46-16)15-43-20-14-44-28-23(33-26(38)22(36-41-2)19-13-45-30(31)32-19)27(39)37(28)24(20)29(40)42-25(17-9-5-3-6-10-17)18-11-7-4-8-12-18/h3-13,23,25,28H,14-15H2,1-2H3,(H2,31,32)(H,33,38)/b36-22-/t23-,28+/m1/s1. The normalized spacial score (nSPS) is 17.8. The highest BCUT2D eigenvalue weighted by Crippen LogP contribution is 2.45. The zero-order chi connectivity index (χ0) is 32.2. The summed E-state index contributed by atoms with van der Waals surface area (Å²) < 4.78 is 6.22. The van der Waals surface area contributed by atoms with E-state index in [1.54, 1.807) is 5.38 Å². The van der Waals surface area contributed by atoms with Crippen molar-refractivity contribution in [1.82, 2.24) is 25.4 Å². The third kappa shape index (κ3) is 6.65. The molecule has 0 saturated carbocycles. The molecule has 16 heteroatoms. The molecule has 1 fully saturated rings. The largest absolute Gasteiger partial charge is 0.448 e. The Kier molecular flexibility index (Phi) is 9.67. The van der Waals surface area contributed by atoms with E-state index in [2.05, 4.69) is 25.7 Å². The van der Waals surface area contributed by atoms with E-state index in [1.807, 2.05) is 67.6 Å². The fourth-order valence-electron chi connectivity index (χ4n) is 4.88. The second-order valence-corrected chi connectivity index (χ2v) is 14.3.